The van der Waals surface area contributed by atoms with Crippen molar-refractivity contribution in [2.24, 2.45) is 0 Å². The van der Waals surface area contributed by atoms with E-state index in [4.69, 9.17) is 5.11 Å². The Morgan fingerprint density at radius 2 is 2.00 bits per heavy atom. The van der Waals surface area contributed by atoms with Crippen molar-refractivity contribution >= 4 is 10.0 Å². The molecule has 2 fully saturated rings. The van der Waals surface area contributed by atoms with E-state index in [-0.39, 0.29) is 17.9 Å². The molecule has 1 saturated carbocycles. The SMILES string of the molecule is O=S(=O)(C1CC1)N1CCCC1CO. The van der Waals surface area contributed by atoms with Crippen molar-refractivity contribution in [2.45, 2.75) is 37.0 Å². The molecule has 1 unspecified atom stereocenters. The molecular weight excluding hydrogens is 190 g/mol. The highest BCUT2D eigenvalue weighted by Gasteiger charge is 2.44. The second kappa shape index (κ2) is 3.22. The van der Waals surface area contributed by atoms with Crippen LogP contribution in [0.3, 0.4) is 0 Å². The van der Waals surface area contributed by atoms with Crippen molar-refractivity contribution in [1.29, 1.82) is 0 Å². The van der Waals surface area contributed by atoms with Gasteiger partial charge in [-0.25, -0.2) is 8.42 Å². The fourth-order valence-electron chi connectivity index (χ4n) is 1.88. The minimum absolute atomic E-state index is 0.0358. The van der Waals surface area contributed by atoms with E-state index < -0.39 is 10.0 Å². The van der Waals surface area contributed by atoms with Crippen molar-refractivity contribution in [3.8, 4) is 0 Å². The van der Waals surface area contributed by atoms with Crippen LogP contribution in [-0.4, -0.2) is 42.3 Å². The molecule has 13 heavy (non-hydrogen) atoms. The van der Waals surface area contributed by atoms with E-state index in [0.29, 0.717) is 6.54 Å². The average molecular weight is 205 g/mol. The largest absolute Gasteiger partial charge is 0.395 e. The molecule has 1 N–H and O–H groups in total. The summed E-state index contributed by atoms with van der Waals surface area (Å²) in [6.07, 6.45) is 3.30. The van der Waals surface area contributed by atoms with Crippen molar-refractivity contribution in [2.75, 3.05) is 13.2 Å². The van der Waals surface area contributed by atoms with Gasteiger partial charge < -0.3 is 5.11 Å². The fourth-order valence-corrected chi connectivity index (χ4v) is 3.97. The first-order chi connectivity index (χ1) is 6.16. The van der Waals surface area contributed by atoms with Gasteiger partial charge in [-0.2, -0.15) is 4.31 Å². The van der Waals surface area contributed by atoms with Gasteiger partial charge in [-0.05, 0) is 25.7 Å². The summed E-state index contributed by atoms with van der Waals surface area (Å²) in [5.74, 6) is 0. The molecule has 0 aromatic heterocycles. The summed E-state index contributed by atoms with van der Waals surface area (Å²) in [4.78, 5) is 0. The Morgan fingerprint density at radius 3 is 2.54 bits per heavy atom. The Bertz CT molecular complexity index is 284. The first-order valence-electron chi connectivity index (χ1n) is 4.78. The monoisotopic (exact) mass is 205 g/mol. The molecule has 0 bridgehead atoms. The lowest BCUT2D eigenvalue weighted by Gasteiger charge is -2.21. The average Bonchev–Trinajstić information content (AvgIpc) is 2.84. The van der Waals surface area contributed by atoms with Crippen LogP contribution >= 0.6 is 0 Å². The lowest BCUT2D eigenvalue weighted by Crippen LogP contribution is -2.39. The number of hydrogen-bond donors (Lipinski definition) is 1. The number of aliphatic hydroxyl groups excluding tert-OH is 1. The van der Waals surface area contributed by atoms with Crippen molar-refractivity contribution in [1.82, 2.24) is 4.31 Å². The maximum absolute atomic E-state index is 11.8. The van der Waals surface area contributed by atoms with E-state index in [0.717, 1.165) is 25.7 Å². The number of rotatable bonds is 3. The molecule has 76 valence electrons. The van der Waals surface area contributed by atoms with E-state index >= 15 is 0 Å². The zero-order chi connectivity index (χ0) is 9.47. The Kier molecular flexibility index (Phi) is 2.33. The molecule has 0 radical (unpaired) electrons. The van der Waals surface area contributed by atoms with Gasteiger partial charge in [0.05, 0.1) is 11.9 Å². The third kappa shape index (κ3) is 1.60. The summed E-state index contributed by atoms with van der Waals surface area (Å²) in [6, 6.07) is -0.148. The quantitative estimate of drug-likeness (QED) is 0.702. The van der Waals surface area contributed by atoms with Gasteiger partial charge in [-0.15, -0.1) is 0 Å². The van der Waals surface area contributed by atoms with Crippen LogP contribution in [0.2, 0.25) is 0 Å². The molecule has 4 nitrogen and oxygen atoms in total. The molecule has 1 saturated heterocycles. The molecule has 5 heteroatoms. The predicted octanol–water partition coefficient (Wildman–Crippen LogP) is -0.0647. The van der Waals surface area contributed by atoms with Gasteiger partial charge in [-0.3, -0.25) is 0 Å². The zero-order valence-electron chi connectivity index (χ0n) is 7.52. The standard InChI is InChI=1S/C8H15NO3S/c10-6-7-2-1-5-9(7)13(11,12)8-3-4-8/h7-8,10H,1-6H2. The van der Waals surface area contributed by atoms with E-state index in [1.165, 1.54) is 4.31 Å². The van der Waals surface area contributed by atoms with Crippen LogP contribution in [0.25, 0.3) is 0 Å². The van der Waals surface area contributed by atoms with Crippen LogP contribution in [-0.2, 0) is 10.0 Å². The summed E-state index contributed by atoms with van der Waals surface area (Å²) in [6.45, 7) is 0.565. The zero-order valence-corrected chi connectivity index (χ0v) is 8.33. The topological polar surface area (TPSA) is 57.6 Å². The Hall–Kier alpha value is -0.130. The maximum Gasteiger partial charge on any atom is 0.217 e. The van der Waals surface area contributed by atoms with E-state index in [9.17, 15) is 8.42 Å². The molecule has 0 aromatic rings. The number of hydrogen-bond acceptors (Lipinski definition) is 3. The molecule has 0 amide bonds. The summed E-state index contributed by atoms with van der Waals surface area (Å²) >= 11 is 0. The second-order valence-electron chi connectivity index (χ2n) is 3.83. The highest BCUT2D eigenvalue weighted by Crippen LogP contribution is 2.34. The molecule has 0 spiro atoms. The molecular formula is C8H15NO3S. The van der Waals surface area contributed by atoms with Crippen LogP contribution in [0.1, 0.15) is 25.7 Å². The summed E-state index contributed by atoms with van der Waals surface area (Å²) in [5.41, 5.74) is 0. The molecule has 1 atom stereocenters. The van der Waals surface area contributed by atoms with Crippen LogP contribution < -0.4 is 0 Å². The van der Waals surface area contributed by atoms with Crippen molar-refractivity contribution < 1.29 is 13.5 Å². The second-order valence-corrected chi connectivity index (χ2v) is 6.00. The summed E-state index contributed by atoms with van der Waals surface area (Å²) in [5, 5.41) is 8.86. The molecule has 0 aromatic carbocycles. The van der Waals surface area contributed by atoms with Gasteiger partial charge in [-0.1, -0.05) is 0 Å². The predicted molar refractivity (Wildman–Crippen MR) is 48.8 cm³/mol. The summed E-state index contributed by atoms with van der Waals surface area (Å²) in [7, 11) is -3.05. The first-order valence-corrected chi connectivity index (χ1v) is 6.28. The number of sulfonamides is 1. The van der Waals surface area contributed by atoms with E-state index in [1.54, 1.807) is 0 Å². The molecule has 1 aliphatic heterocycles. The smallest absolute Gasteiger partial charge is 0.217 e. The minimum Gasteiger partial charge on any atom is -0.395 e. The summed E-state index contributed by atoms with van der Waals surface area (Å²) < 4.78 is 25.1. The van der Waals surface area contributed by atoms with E-state index in [1.807, 2.05) is 0 Å². The van der Waals surface area contributed by atoms with Gasteiger partial charge >= 0.3 is 0 Å². The molecule has 1 aliphatic carbocycles. The molecule has 2 aliphatic rings. The Labute approximate surface area is 78.6 Å². The van der Waals surface area contributed by atoms with Crippen LogP contribution in [0.5, 0.6) is 0 Å². The number of aliphatic hydroxyl groups is 1. The number of nitrogens with zero attached hydrogens (tertiary/aromatic N) is 1. The Balaban J connectivity index is 2.14. The lowest BCUT2D eigenvalue weighted by molar-refractivity contribution is 0.213. The van der Waals surface area contributed by atoms with Crippen LogP contribution in [0.15, 0.2) is 0 Å². The van der Waals surface area contributed by atoms with Crippen molar-refractivity contribution in [3.05, 3.63) is 0 Å². The Morgan fingerprint density at radius 1 is 1.31 bits per heavy atom. The molecule has 1 heterocycles. The van der Waals surface area contributed by atoms with Gasteiger partial charge in [0.25, 0.3) is 0 Å². The van der Waals surface area contributed by atoms with Crippen LogP contribution in [0.4, 0.5) is 0 Å². The van der Waals surface area contributed by atoms with Gasteiger partial charge in [0.15, 0.2) is 0 Å². The van der Waals surface area contributed by atoms with Gasteiger partial charge in [0, 0.05) is 12.6 Å². The third-order valence-electron chi connectivity index (χ3n) is 2.81. The lowest BCUT2D eigenvalue weighted by atomic mass is 10.2. The first kappa shape index (κ1) is 9.43. The van der Waals surface area contributed by atoms with Gasteiger partial charge in [0.2, 0.25) is 10.0 Å². The van der Waals surface area contributed by atoms with E-state index in [2.05, 4.69) is 0 Å². The highest BCUT2D eigenvalue weighted by atomic mass is 32.2. The highest BCUT2D eigenvalue weighted by molar-refractivity contribution is 7.90. The normalized spacial score (nSPS) is 31.0. The third-order valence-corrected chi connectivity index (χ3v) is 5.25. The molecule has 2 rings (SSSR count). The minimum atomic E-state index is -3.05. The fraction of sp³-hybridized carbons (Fsp3) is 1.00. The van der Waals surface area contributed by atoms with Gasteiger partial charge in [0.1, 0.15) is 0 Å². The van der Waals surface area contributed by atoms with Crippen LogP contribution in [0, 0.1) is 0 Å². The van der Waals surface area contributed by atoms with Crippen molar-refractivity contribution in [3.63, 3.8) is 0 Å². The maximum atomic E-state index is 11.8.